The molecular weight excluding hydrogens is 370 g/mol. The van der Waals surface area contributed by atoms with E-state index in [-0.39, 0.29) is 0 Å². The molecule has 0 saturated carbocycles. The van der Waals surface area contributed by atoms with Crippen LogP contribution in [0.1, 0.15) is 5.56 Å². The predicted molar refractivity (Wildman–Crippen MR) is 113 cm³/mol. The lowest BCUT2D eigenvalue weighted by Gasteiger charge is -2.08. The lowest BCUT2D eigenvalue weighted by Crippen LogP contribution is -2.00. The van der Waals surface area contributed by atoms with Crippen molar-refractivity contribution in [3.8, 4) is 22.5 Å². The minimum Gasteiger partial charge on any atom is -0.264 e. The molecular formula is C22H16ClN5. The van der Waals surface area contributed by atoms with Gasteiger partial charge in [0.05, 0.1) is 17.6 Å². The highest BCUT2D eigenvalue weighted by molar-refractivity contribution is 6.30. The van der Waals surface area contributed by atoms with Crippen molar-refractivity contribution in [3.63, 3.8) is 0 Å². The van der Waals surface area contributed by atoms with Gasteiger partial charge in [-0.1, -0.05) is 60.1 Å². The standard InChI is InChI=1S/C22H16ClN5/c23-19-10-8-18(9-11-19)21-13-20(17-6-2-1-3-7-17)26-22(27-21)28-25-15-16-5-4-12-24-14-16/h1-15H,(H,26,27,28)/b25-15-. The number of nitrogens with one attached hydrogen (secondary N) is 1. The molecule has 0 atom stereocenters. The molecule has 0 fully saturated rings. The van der Waals surface area contributed by atoms with Crippen LogP contribution < -0.4 is 5.43 Å². The maximum absolute atomic E-state index is 6.01. The van der Waals surface area contributed by atoms with Gasteiger partial charge in [-0.25, -0.2) is 15.4 Å². The van der Waals surface area contributed by atoms with Crippen molar-refractivity contribution in [3.05, 3.63) is 95.8 Å². The van der Waals surface area contributed by atoms with Gasteiger partial charge in [0.15, 0.2) is 0 Å². The number of rotatable bonds is 5. The Kier molecular flexibility index (Phi) is 5.36. The second-order valence-corrected chi connectivity index (χ2v) is 6.43. The van der Waals surface area contributed by atoms with E-state index in [0.29, 0.717) is 11.0 Å². The summed E-state index contributed by atoms with van der Waals surface area (Å²) in [4.78, 5) is 13.3. The number of halogens is 1. The van der Waals surface area contributed by atoms with Crippen LogP contribution in [-0.2, 0) is 0 Å². The van der Waals surface area contributed by atoms with Crippen molar-refractivity contribution in [1.29, 1.82) is 0 Å². The van der Waals surface area contributed by atoms with Gasteiger partial charge in [-0.3, -0.25) is 4.98 Å². The van der Waals surface area contributed by atoms with Crippen molar-refractivity contribution in [2.24, 2.45) is 5.10 Å². The van der Waals surface area contributed by atoms with Crippen LogP contribution in [0.15, 0.2) is 90.3 Å². The van der Waals surface area contributed by atoms with Crippen molar-refractivity contribution >= 4 is 23.8 Å². The molecule has 4 rings (SSSR count). The highest BCUT2D eigenvalue weighted by Gasteiger charge is 2.08. The zero-order chi connectivity index (χ0) is 19.2. The largest absolute Gasteiger partial charge is 0.264 e. The van der Waals surface area contributed by atoms with Crippen LogP contribution in [0, 0.1) is 0 Å². The zero-order valence-electron chi connectivity index (χ0n) is 14.8. The van der Waals surface area contributed by atoms with Crippen LogP contribution in [0.3, 0.4) is 0 Å². The van der Waals surface area contributed by atoms with Crippen LogP contribution in [-0.4, -0.2) is 21.2 Å². The summed E-state index contributed by atoms with van der Waals surface area (Å²) in [6.45, 7) is 0. The smallest absolute Gasteiger partial charge is 0.244 e. The normalized spacial score (nSPS) is 10.9. The summed E-state index contributed by atoms with van der Waals surface area (Å²) in [5.74, 6) is 0.409. The molecule has 1 N–H and O–H groups in total. The fourth-order valence-corrected chi connectivity index (χ4v) is 2.77. The molecule has 0 unspecified atom stereocenters. The van der Waals surface area contributed by atoms with Crippen LogP contribution in [0.2, 0.25) is 5.02 Å². The molecule has 0 aliphatic carbocycles. The lowest BCUT2D eigenvalue weighted by atomic mass is 10.1. The predicted octanol–water partition coefficient (Wildman–Crippen LogP) is 5.31. The van der Waals surface area contributed by atoms with Crippen molar-refractivity contribution in [1.82, 2.24) is 15.0 Å². The molecule has 4 aromatic rings. The molecule has 28 heavy (non-hydrogen) atoms. The molecule has 0 saturated heterocycles. The number of nitrogens with zero attached hydrogens (tertiary/aromatic N) is 4. The van der Waals surface area contributed by atoms with E-state index in [0.717, 1.165) is 28.1 Å². The number of hydrazone groups is 1. The van der Waals surface area contributed by atoms with E-state index in [2.05, 4.69) is 25.5 Å². The first-order chi connectivity index (χ1) is 13.8. The quantitative estimate of drug-likeness (QED) is 0.373. The molecule has 136 valence electrons. The highest BCUT2D eigenvalue weighted by Crippen LogP contribution is 2.26. The Labute approximate surface area is 167 Å². The van der Waals surface area contributed by atoms with E-state index in [4.69, 9.17) is 11.6 Å². The summed E-state index contributed by atoms with van der Waals surface area (Å²) in [7, 11) is 0. The Morgan fingerprint density at radius 1 is 0.821 bits per heavy atom. The van der Waals surface area contributed by atoms with Gasteiger partial charge in [-0.15, -0.1) is 0 Å². The Morgan fingerprint density at radius 2 is 1.54 bits per heavy atom. The number of benzene rings is 2. The first-order valence-corrected chi connectivity index (χ1v) is 9.05. The van der Waals surface area contributed by atoms with E-state index in [1.807, 2.05) is 72.8 Å². The Morgan fingerprint density at radius 3 is 2.21 bits per heavy atom. The summed E-state index contributed by atoms with van der Waals surface area (Å²) >= 11 is 6.01. The van der Waals surface area contributed by atoms with Gasteiger partial charge in [0.2, 0.25) is 5.95 Å². The number of hydrogen-bond acceptors (Lipinski definition) is 5. The molecule has 2 aromatic heterocycles. The maximum Gasteiger partial charge on any atom is 0.244 e. The van der Waals surface area contributed by atoms with Crippen LogP contribution in [0.5, 0.6) is 0 Å². The first kappa shape index (κ1) is 17.8. The monoisotopic (exact) mass is 385 g/mol. The lowest BCUT2D eigenvalue weighted by molar-refractivity contribution is 1.12. The van der Waals surface area contributed by atoms with E-state index >= 15 is 0 Å². The van der Waals surface area contributed by atoms with Crippen LogP contribution in [0.4, 0.5) is 5.95 Å². The van der Waals surface area contributed by atoms with Gasteiger partial charge in [0.1, 0.15) is 0 Å². The molecule has 0 aliphatic heterocycles. The Bertz CT molecular complexity index is 1080. The maximum atomic E-state index is 6.01. The van der Waals surface area contributed by atoms with E-state index in [9.17, 15) is 0 Å². The number of pyridine rings is 1. The first-order valence-electron chi connectivity index (χ1n) is 8.67. The number of anilines is 1. The van der Waals surface area contributed by atoms with Gasteiger partial charge in [0, 0.05) is 34.1 Å². The van der Waals surface area contributed by atoms with Crippen molar-refractivity contribution in [2.45, 2.75) is 0 Å². The summed E-state index contributed by atoms with van der Waals surface area (Å²) in [6.07, 6.45) is 5.12. The van der Waals surface area contributed by atoms with Crippen LogP contribution >= 0.6 is 11.6 Å². The summed E-state index contributed by atoms with van der Waals surface area (Å²) in [6, 6.07) is 23.2. The SMILES string of the molecule is Clc1ccc(-c2cc(-c3ccccc3)nc(N/N=C\c3cccnc3)n2)cc1. The molecule has 2 heterocycles. The minimum absolute atomic E-state index is 0.409. The van der Waals surface area contributed by atoms with Gasteiger partial charge < -0.3 is 0 Å². The molecule has 0 spiro atoms. The average molecular weight is 386 g/mol. The van der Waals surface area contributed by atoms with Gasteiger partial charge >= 0.3 is 0 Å². The van der Waals surface area contributed by atoms with Crippen LogP contribution in [0.25, 0.3) is 22.5 Å². The average Bonchev–Trinajstić information content (AvgIpc) is 2.75. The minimum atomic E-state index is 0.409. The highest BCUT2D eigenvalue weighted by atomic mass is 35.5. The Balaban J connectivity index is 1.69. The molecule has 6 heteroatoms. The second kappa shape index (κ2) is 8.41. The third-order valence-corrected chi connectivity index (χ3v) is 4.25. The van der Waals surface area contributed by atoms with E-state index in [1.54, 1.807) is 18.6 Å². The molecule has 5 nitrogen and oxygen atoms in total. The topological polar surface area (TPSA) is 63.1 Å². The van der Waals surface area contributed by atoms with Crippen molar-refractivity contribution in [2.75, 3.05) is 5.43 Å². The van der Waals surface area contributed by atoms with Gasteiger partial charge in [0.25, 0.3) is 0 Å². The third kappa shape index (κ3) is 4.39. The zero-order valence-corrected chi connectivity index (χ0v) is 15.6. The summed E-state index contributed by atoms with van der Waals surface area (Å²) in [5.41, 5.74) is 7.33. The summed E-state index contributed by atoms with van der Waals surface area (Å²) < 4.78 is 0. The van der Waals surface area contributed by atoms with E-state index in [1.165, 1.54) is 0 Å². The Hall–Kier alpha value is -3.57. The molecule has 0 bridgehead atoms. The molecule has 0 radical (unpaired) electrons. The van der Waals surface area contributed by atoms with Gasteiger partial charge in [-0.2, -0.15) is 5.10 Å². The fraction of sp³-hybridized carbons (Fsp3) is 0. The van der Waals surface area contributed by atoms with E-state index < -0.39 is 0 Å². The molecule has 0 amide bonds. The number of hydrogen-bond donors (Lipinski definition) is 1. The van der Waals surface area contributed by atoms with Gasteiger partial charge in [-0.05, 0) is 24.3 Å². The molecule has 0 aliphatic rings. The summed E-state index contributed by atoms with van der Waals surface area (Å²) in [5, 5.41) is 4.92. The fourth-order valence-electron chi connectivity index (χ4n) is 2.64. The third-order valence-electron chi connectivity index (χ3n) is 4.00. The number of aromatic nitrogens is 3. The van der Waals surface area contributed by atoms with Crippen molar-refractivity contribution < 1.29 is 0 Å². The molecule has 2 aromatic carbocycles. The second-order valence-electron chi connectivity index (χ2n) is 5.99.